The Labute approximate surface area is 176 Å². The fraction of sp³-hybridized carbons (Fsp3) is 0.292. The Morgan fingerprint density at radius 1 is 1.07 bits per heavy atom. The summed E-state index contributed by atoms with van der Waals surface area (Å²) in [7, 11) is 0. The zero-order valence-electron chi connectivity index (χ0n) is 18.1. The summed E-state index contributed by atoms with van der Waals surface area (Å²) in [4.78, 5) is 24.6. The number of hydrogen-bond donors (Lipinski definition) is 0. The molecule has 0 radical (unpaired) electrons. The van der Waals surface area contributed by atoms with Crippen LogP contribution in [0.25, 0.3) is 11.8 Å². The normalized spacial score (nSPS) is 11.2. The molecule has 156 valence electrons. The van der Waals surface area contributed by atoms with Gasteiger partial charge >= 0.3 is 5.97 Å². The highest BCUT2D eigenvalue weighted by molar-refractivity contribution is 6.00. The third kappa shape index (κ3) is 4.27. The number of rotatable bonds is 7. The maximum absolute atomic E-state index is 12.5. The highest BCUT2D eigenvalue weighted by Gasteiger charge is 2.16. The van der Waals surface area contributed by atoms with Gasteiger partial charge in [0.2, 0.25) is 5.78 Å². The van der Waals surface area contributed by atoms with Gasteiger partial charge in [-0.3, -0.25) is 4.79 Å². The minimum atomic E-state index is -0.557. The second kappa shape index (κ2) is 8.95. The van der Waals surface area contributed by atoms with Gasteiger partial charge in [0.15, 0.2) is 6.61 Å². The zero-order chi connectivity index (χ0) is 21.8. The Morgan fingerprint density at radius 2 is 1.77 bits per heavy atom. The lowest BCUT2D eigenvalue weighted by Gasteiger charge is -2.06. The molecule has 6 nitrogen and oxygen atoms in total. The van der Waals surface area contributed by atoms with Crippen molar-refractivity contribution in [3.05, 3.63) is 76.4 Å². The van der Waals surface area contributed by atoms with Crippen LogP contribution in [0.1, 0.15) is 45.6 Å². The van der Waals surface area contributed by atoms with Crippen molar-refractivity contribution < 1.29 is 14.3 Å². The predicted molar refractivity (Wildman–Crippen MR) is 117 cm³/mol. The van der Waals surface area contributed by atoms with E-state index in [-0.39, 0.29) is 12.4 Å². The monoisotopic (exact) mass is 405 g/mol. The van der Waals surface area contributed by atoms with Crippen LogP contribution in [0.4, 0.5) is 0 Å². The van der Waals surface area contributed by atoms with Gasteiger partial charge in [-0.1, -0.05) is 18.2 Å². The molecule has 2 aromatic heterocycles. The molecular formula is C24H27N3O3. The summed E-state index contributed by atoms with van der Waals surface area (Å²) in [5.41, 5.74) is 6.05. The SMILES string of the molecule is CCn1c(C)cc(C(=O)COC(=O)/C=C/c2c(C)nn(-c3ccccc3)c2C)c1C. The number of aryl methyl sites for hydroxylation is 2. The first-order chi connectivity index (χ1) is 14.3. The molecule has 3 aromatic rings. The van der Waals surface area contributed by atoms with E-state index in [1.54, 1.807) is 6.08 Å². The average molecular weight is 405 g/mol. The second-order valence-corrected chi connectivity index (χ2v) is 7.23. The van der Waals surface area contributed by atoms with Gasteiger partial charge in [0.05, 0.1) is 11.4 Å². The number of ketones is 1. The van der Waals surface area contributed by atoms with Gasteiger partial charge in [0, 0.05) is 40.8 Å². The number of benzene rings is 1. The molecule has 2 heterocycles. The van der Waals surface area contributed by atoms with E-state index in [4.69, 9.17) is 4.74 Å². The van der Waals surface area contributed by atoms with Crippen molar-refractivity contribution in [3.63, 3.8) is 0 Å². The lowest BCUT2D eigenvalue weighted by atomic mass is 10.1. The van der Waals surface area contributed by atoms with E-state index in [0.29, 0.717) is 5.56 Å². The summed E-state index contributed by atoms with van der Waals surface area (Å²) < 4.78 is 9.08. The van der Waals surface area contributed by atoms with Crippen LogP contribution in [0.15, 0.2) is 42.5 Å². The van der Waals surface area contributed by atoms with Crippen LogP contribution in [-0.2, 0) is 16.1 Å². The van der Waals surface area contributed by atoms with Crippen molar-refractivity contribution >= 4 is 17.8 Å². The van der Waals surface area contributed by atoms with Crippen LogP contribution in [0, 0.1) is 27.7 Å². The average Bonchev–Trinajstić information content (AvgIpc) is 3.19. The van der Waals surface area contributed by atoms with Gasteiger partial charge in [0.25, 0.3) is 0 Å². The molecule has 0 aliphatic carbocycles. The van der Waals surface area contributed by atoms with Crippen LogP contribution in [0.5, 0.6) is 0 Å². The maximum atomic E-state index is 12.5. The van der Waals surface area contributed by atoms with Gasteiger partial charge in [-0.25, -0.2) is 9.48 Å². The van der Waals surface area contributed by atoms with Crippen LogP contribution in [0.3, 0.4) is 0 Å². The molecule has 6 heteroatoms. The molecule has 0 atom stereocenters. The quantitative estimate of drug-likeness (QED) is 0.333. The highest BCUT2D eigenvalue weighted by Crippen LogP contribution is 2.19. The number of para-hydroxylation sites is 1. The maximum Gasteiger partial charge on any atom is 0.331 e. The summed E-state index contributed by atoms with van der Waals surface area (Å²) in [6.45, 7) is 10.3. The van der Waals surface area contributed by atoms with Gasteiger partial charge in [-0.2, -0.15) is 5.10 Å². The first kappa shape index (κ1) is 21.3. The van der Waals surface area contributed by atoms with Crippen LogP contribution < -0.4 is 0 Å². The van der Waals surface area contributed by atoms with Crippen LogP contribution in [-0.4, -0.2) is 32.7 Å². The Hall–Kier alpha value is -3.41. The van der Waals surface area contributed by atoms with E-state index < -0.39 is 5.97 Å². The fourth-order valence-corrected chi connectivity index (χ4v) is 3.70. The van der Waals surface area contributed by atoms with Crippen LogP contribution >= 0.6 is 0 Å². The van der Waals surface area contributed by atoms with Gasteiger partial charge in [0.1, 0.15) is 0 Å². The van der Waals surface area contributed by atoms with E-state index in [9.17, 15) is 9.59 Å². The Morgan fingerprint density at radius 3 is 2.40 bits per heavy atom. The lowest BCUT2D eigenvalue weighted by molar-refractivity contribution is -0.136. The molecule has 0 fully saturated rings. The van der Waals surface area contributed by atoms with Gasteiger partial charge in [-0.05, 0) is 58.9 Å². The Bertz CT molecular complexity index is 1100. The number of hydrogen-bond acceptors (Lipinski definition) is 4. The molecule has 0 bridgehead atoms. The van der Waals surface area contributed by atoms with E-state index >= 15 is 0 Å². The first-order valence-electron chi connectivity index (χ1n) is 9.99. The molecule has 0 saturated carbocycles. The third-order valence-corrected chi connectivity index (χ3v) is 5.27. The lowest BCUT2D eigenvalue weighted by Crippen LogP contribution is -2.13. The van der Waals surface area contributed by atoms with Crippen molar-refractivity contribution in [2.75, 3.05) is 6.61 Å². The van der Waals surface area contributed by atoms with Crippen molar-refractivity contribution in [2.45, 2.75) is 41.2 Å². The fourth-order valence-electron chi connectivity index (χ4n) is 3.70. The standard InChI is InChI=1S/C24H27N3O3/c1-6-26-16(2)14-22(18(26)4)23(28)15-30-24(29)13-12-21-17(3)25-27(19(21)5)20-10-8-7-9-11-20/h7-14H,6,15H2,1-5H3/b13-12+. The molecule has 0 aliphatic heterocycles. The molecule has 1 aromatic carbocycles. The van der Waals surface area contributed by atoms with E-state index in [1.807, 2.05) is 75.7 Å². The molecule has 0 aliphatic rings. The van der Waals surface area contributed by atoms with Crippen molar-refractivity contribution in [3.8, 4) is 5.69 Å². The minimum absolute atomic E-state index is 0.200. The topological polar surface area (TPSA) is 66.1 Å². The predicted octanol–water partition coefficient (Wildman–Crippen LogP) is 4.37. The number of ether oxygens (including phenoxy) is 1. The number of esters is 1. The van der Waals surface area contributed by atoms with E-state index in [2.05, 4.69) is 9.67 Å². The number of aromatic nitrogens is 3. The van der Waals surface area contributed by atoms with Gasteiger partial charge < -0.3 is 9.30 Å². The van der Waals surface area contributed by atoms with Crippen molar-refractivity contribution in [1.82, 2.24) is 14.3 Å². The molecular weight excluding hydrogens is 378 g/mol. The summed E-state index contributed by atoms with van der Waals surface area (Å²) in [5, 5.41) is 4.56. The Balaban J connectivity index is 1.67. The molecule has 3 rings (SSSR count). The highest BCUT2D eigenvalue weighted by atomic mass is 16.5. The molecule has 30 heavy (non-hydrogen) atoms. The zero-order valence-corrected chi connectivity index (χ0v) is 18.1. The second-order valence-electron chi connectivity index (χ2n) is 7.23. The summed E-state index contributed by atoms with van der Waals surface area (Å²) in [6.07, 6.45) is 3.03. The molecule has 0 spiro atoms. The molecule has 0 saturated heterocycles. The third-order valence-electron chi connectivity index (χ3n) is 5.27. The summed E-state index contributed by atoms with van der Waals surface area (Å²) >= 11 is 0. The van der Waals surface area contributed by atoms with Crippen molar-refractivity contribution in [2.24, 2.45) is 0 Å². The summed E-state index contributed by atoms with van der Waals surface area (Å²) in [6, 6.07) is 11.6. The summed E-state index contributed by atoms with van der Waals surface area (Å²) in [5.74, 6) is -0.757. The Kier molecular flexibility index (Phi) is 6.35. The van der Waals surface area contributed by atoms with E-state index in [0.717, 1.165) is 40.6 Å². The van der Waals surface area contributed by atoms with Crippen molar-refractivity contribution in [1.29, 1.82) is 0 Å². The molecule has 0 N–H and O–H groups in total. The largest absolute Gasteiger partial charge is 0.454 e. The first-order valence-corrected chi connectivity index (χ1v) is 9.99. The molecule has 0 amide bonds. The van der Waals surface area contributed by atoms with E-state index in [1.165, 1.54) is 6.08 Å². The smallest absolute Gasteiger partial charge is 0.331 e. The minimum Gasteiger partial charge on any atom is -0.454 e. The number of carbonyl (C=O) groups is 2. The number of nitrogens with zero attached hydrogens (tertiary/aromatic N) is 3. The molecule has 0 unspecified atom stereocenters. The van der Waals surface area contributed by atoms with Gasteiger partial charge in [-0.15, -0.1) is 0 Å². The van der Waals surface area contributed by atoms with Crippen LogP contribution in [0.2, 0.25) is 0 Å². The number of carbonyl (C=O) groups excluding carboxylic acids is 2. The number of Topliss-reactive ketones (excluding diaryl/α,β-unsaturated/α-hetero) is 1.